The average Bonchev–Trinajstić information content (AvgIpc) is 3.37. The third-order valence-electron chi connectivity index (χ3n) is 11.9. The molecule has 0 saturated carbocycles. The van der Waals surface area contributed by atoms with Crippen molar-refractivity contribution in [2.24, 2.45) is 47.3 Å². The zero-order valence-electron chi connectivity index (χ0n) is 49.2. The van der Waals surface area contributed by atoms with Crippen LogP contribution in [0.1, 0.15) is 213 Å². The molecule has 5 nitrogen and oxygen atoms in total. The second kappa shape index (κ2) is 55.5. The van der Waals surface area contributed by atoms with Gasteiger partial charge in [0.05, 0.1) is 5.75 Å². The van der Waals surface area contributed by atoms with Crippen LogP contribution < -0.4 is 4.74 Å². The summed E-state index contributed by atoms with van der Waals surface area (Å²) >= 11 is 1.61. The van der Waals surface area contributed by atoms with Gasteiger partial charge in [-0.05, 0) is 116 Å². The second-order valence-electron chi connectivity index (χ2n) is 21.8. The number of hydrogen-bond acceptors (Lipinski definition) is 6. The van der Waals surface area contributed by atoms with Gasteiger partial charge in [-0.25, -0.2) is 0 Å². The van der Waals surface area contributed by atoms with Crippen molar-refractivity contribution in [3.63, 3.8) is 0 Å². The van der Waals surface area contributed by atoms with Crippen molar-refractivity contribution in [1.29, 1.82) is 0 Å². The highest BCUT2D eigenvalue weighted by Crippen LogP contribution is 2.20. The molecule has 2 unspecified atom stereocenters. The number of para-hydroxylation sites is 1. The molecule has 0 heterocycles. The van der Waals surface area contributed by atoms with Crippen LogP contribution in [-0.2, 0) is 32.0 Å². The minimum Gasteiger partial charge on any atom is -0.486 e. The monoisotopic (exact) mass is 1140 g/mol. The quantitative estimate of drug-likeness (QED) is 0.0508. The van der Waals surface area contributed by atoms with Gasteiger partial charge in [0.2, 0.25) is 0 Å². The SMILES string of the molecule is C.C.C.C.C.C.C.CC(C)=CCCC(C)CC(=O)C(C)C.CC(C)C(=O)COc1ccccc1.CC(C)C(=O)CSc1ccccc1.CC(C)CCc1ccc2ccccc2c1.CC(C)Cc1ccccc1.CCC(C)C(=O)C(C)C. The Morgan fingerprint density at radius 2 is 0.963 bits per heavy atom. The van der Waals surface area contributed by atoms with Crippen LogP contribution in [0.25, 0.3) is 10.8 Å². The number of ketones is 4. The van der Waals surface area contributed by atoms with Crippen molar-refractivity contribution in [3.05, 3.63) is 156 Å². The van der Waals surface area contributed by atoms with Crippen LogP contribution in [0, 0.1) is 47.3 Å². The van der Waals surface area contributed by atoms with E-state index in [4.69, 9.17) is 4.74 Å². The van der Waals surface area contributed by atoms with Gasteiger partial charge in [-0.1, -0.05) is 277 Å². The van der Waals surface area contributed by atoms with Crippen LogP contribution in [0.2, 0.25) is 0 Å². The number of fused-ring (bicyclic) bond motifs is 1. The van der Waals surface area contributed by atoms with Gasteiger partial charge in [-0.3, -0.25) is 19.2 Å². The Labute approximate surface area is 508 Å². The molecule has 0 radical (unpaired) electrons. The van der Waals surface area contributed by atoms with E-state index < -0.39 is 0 Å². The molecular weight excluding hydrogens is 1010 g/mol. The minimum atomic E-state index is 0. The number of Topliss-reactive ketones (excluding diaryl/α,β-unsaturated/α-hetero) is 4. The highest BCUT2D eigenvalue weighted by molar-refractivity contribution is 8.00. The molecule has 5 aromatic rings. The predicted octanol–water partition coefficient (Wildman–Crippen LogP) is 23.3. The normalized spacial score (nSPS) is 10.4. The maximum atomic E-state index is 11.4. The van der Waals surface area contributed by atoms with Crippen LogP contribution in [0.15, 0.2) is 150 Å². The van der Waals surface area contributed by atoms with E-state index in [1.165, 1.54) is 46.7 Å². The first-order chi connectivity index (χ1) is 35.0. The largest absolute Gasteiger partial charge is 0.486 e. The number of carbonyl (C=O) groups is 4. The van der Waals surface area contributed by atoms with E-state index in [-0.39, 0.29) is 94.0 Å². The Bertz CT molecular complexity index is 2190. The molecule has 0 aliphatic carbocycles. The Morgan fingerprint density at radius 3 is 1.40 bits per heavy atom. The van der Waals surface area contributed by atoms with Crippen molar-refractivity contribution in [3.8, 4) is 5.75 Å². The summed E-state index contributed by atoms with van der Waals surface area (Å²) in [6.07, 6.45) is 9.86. The van der Waals surface area contributed by atoms with Crippen molar-refractivity contribution >= 4 is 45.7 Å². The number of aryl methyl sites for hydroxylation is 1. The third kappa shape index (κ3) is 49.3. The first kappa shape index (κ1) is 92.4. The number of allylic oxidation sites excluding steroid dienone is 2. The second-order valence-corrected chi connectivity index (χ2v) is 22.8. The van der Waals surface area contributed by atoms with Gasteiger partial charge in [0.1, 0.15) is 29.7 Å². The maximum Gasteiger partial charge on any atom is 0.172 e. The van der Waals surface area contributed by atoms with Gasteiger partial charge in [0.15, 0.2) is 5.78 Å². The third-order valence-corrected chi connectivity index (χ3v) is 13.0. The van der Waals surface area contributed by atoms with E-state index in [0.29, 0.717) is 29.0 Å². The Balaban J connectivity index is -0.000000130. The Morgan fingerprint density at radius 1 is 0.494 bits per heavy atom. The first-order valence-corrected chi connectivity index (χ1v) is 28.6. The molecule has 0 spiro atoms. The average molecular weight is 1140 g/mol. The van der Waals surface area contributed by atoms with Crippen LogP contribution in [0.4, 0.5) is 0 Å². The van der Waals surface area contributed by atoms with Gasteiger partial charge >= 0.3 is 0 Å². The lowest BCUT2D eigenvalue weighted by Crippen LogP contribution is -2.16. The number of rotatable bonds is 22. The molecule has 0 amide bonds. The molecule has 6 heteroatoms. The summed E-state index contributed by atoms with van der Waals surface area (Å²) in [5, 5.41) is 2.70. The van der Waals surface area contributed by atoms with E-state index in [9.17, 15) is 19.2 Å². The fourth-order valence-electron chi connectivity index (χ4n) is 6.72. The summed E-state index contributed by atoms with van der Waals surface area (Å²) in [5.74, 6) is 5.49. The molecule has 2 atom stereocenters. The number of carbonyl (C=O) groups excluding carboxylic acids is 4. The lowest BCUT2D eigenvalue weighted by atomic mass is 9.94. The zero-order chi connectivity index (χ0) is 56.0. The van der Waals surface area contributed by atoms with Crippen LogP contribution in [0.5, 0.6) is 5.75 Å². The number of ether oxygens (including phenoxy) is 1. The number of benzene rings is 5. The van der Waals surface area contributed by atoms with E-state index >= 15 is 0 Å². The fraction of sp³-hybridized carbons (Fsp3) is 0.547. The van der Waals surface area contributed by atoms with Gasteiger partial charge < -0.3 is 4.74 Å². The molecule has 0 bridgehead atoms. The first-order valence-electron chi connectivity index (χ1n) is 27.6. The summed E-state index contributed by atoms with van der Waals surface area (Å²) in [6, 6.07) is 45.3. The minimum absolute atomic E-state index is 0. The molecule has 0 saturated heterocycles. The Kier molecular flexibility index (Phi) is 63.3. The van der Waals surface area contributed by atoms with E-state index in [0.717, 1.165) is 48.2 Å². The molecule has 0 aliphatic heterocycles. The molecule has 5 aromatic carbocycles. The molecule has 0 fully saturated rings. The van der Waals surface area contributed by atoms with E-state index in [1.54, 1.807) is 11.8 Å². The zero-order valence-corrected chi connectivity index (χ0v) is 50.0. The highest BCUT2D eigenvalue weighted by Gasteiger charge is 2.14. The number of thioether (sulfide) groups is 1. The standard InChI is InChI=1S/C15H18.C13H24O.C11H14O2.C11H14OS.C10H14.C8H16O.7CH4/c1-12(2)7-8-13-9-10-14-5-3-4-6-15(14)11-13;1-10(2)7-6-8-12(5)9-13(14)11(3)4;2*1-9(2)11(12)8-13-10-6-4-3-5-7-10;1-9(2)8-10-6-4-3-5-7-10;1-5-7(4)8(9)6(2)3;;;;;;;/h3-6,9-12H,7-8H2,1-2H3;7,11-12H,6,8-9H2,1-5H3;2*3-7,9H,8H2,1-2H3;3-7,9H,8H2,1-2H3;6-7H,5H2,1-4H3;7*1H4. The summed E-state index contributed by atoms with van der Waals surface area (Å²) in [6.45, 7) is 35.1. The van der Waals surface area contributed by atoms with Gasteiger partial charge in [0, 0.05) is 40.9 Å². The van der Waals surface area contributed by atoms with Crippen molar-refractivity contribution in [1.82, 2.24) is 0 Å². The summed E-state index contributed by atoms with van der Waals surface area (Å²) in [4.78, 5) is 46.2. The van der Waals surface area contributed by atoms with Crippen molar-refractivity contribution in [2.45, 2.75) is 220 Å². The molecule has 81 heavy (non-hydrogen) atoms. The van der Waals surface area contributed by atoms with E-state index in [2.05, 4.69) is 127 Å². The topological polar surface area (TPSA) is 77.5 Å². The molecule has 0 N–H and O–H groups in total. The van der Waals surface area contributed by atoms with Crippen molar-refractivity contribution < 1.29 is 23.9 Å². The molecule has 0 aliphatic rings. The van der Waals surface area contributed by atoms with Gasteiger partial charge in [-0.15, -0.1) is 11.8 Å². The lowest BCUT2D eigenvalue weighted by molar-refractivity contribution is -0.125. The maximum absolute atomic E-state index is 11.4. The fourth-order valence-corrected chi connectivity index (χ4v) is 7.71. The summed E-state index contributed by atoms with van der Waals surface area (Å²) in [7, 11) is 0. The van der Waals surface area contributed by atoms with Crippen molar-refractivity contribution in [2.75, 3.05) is 12.4 Å². The molecular formula is C75H128O5S. The highest BCUT2D eigenvalue weighted by atomic mass is 32.2. The Hall–Kier alpha value is -5.07. The van der Waals surface area contributed by atoms with Crippen LogP contribution >= 0.6 is 11.8 Å². The number of hydrogen-bond donors (Lipinski definition) is 0. The predicted molar refractivity (Wildman–Crippen MR) is 370 cm³/mol. The van der Waals surface area contributed by atoms with Gasteiger partial charge in [-0.2, -0.15) is 0 Å². The molecule has 0 aromatic heterocycles. The summed E-state index contributed by atoms with van der Waals surface area (Å²) in [5.41, 5.74) is 4.27. The lowest BCUT2D eigenvalue weighted by Gasteiger charge is -2.10. The van der Waals surface area contributed by atoms with Crippen LogP contribution in [0.3, 0.4) is 0 Å². The smallest absolute Gasteiger partial charge is 0.172 e. The summed E-state index contributed by atoms with van der Waals surface area (Å²) < 4.78 is 5.28. The molecule has 5 rings (SSSR count). The molecule has 464 valence electrons. The van der Waals surface area contributed by atoms with E-state index in [1.807, 2.05) is 130 Å². The van der Waals surface area contributed by atoms with Crippen LogP contribution in [-0.4, -0.2) is 35.5 Å². The van der Waals surface area contributed by atoms with Gasteiger partial charge in [0.25, 0.3) is 0 Å².